The Morgan fingerprint density at radius 2 is 2.33 bits per heavy atom. The van der Waals surface area contributed by atoms with Gasteiger partial charge < -0.3 is 15.0 Å². The summed E-state index contributed by atoms with van der Waals surface area (Å²) in [5, 5.41) is 0.0575. The van der Waals surface area contributed by atoms with Gasteiger partial charge in [-0.3, -0.25) is 0 Å². The molecule has 0 spiro atoms. The highest BCUT2D eigenvalue weighted by Gasteiger charge is 2.53. The molecule has 2 heterocycles. The van der Waals surface area contributed by atoms with E-state index in [4.69, 9.17) is 10.5 Å². The summed E-state index contributed by atoms with van der Waals surface area (Å²) in [6.07, 6.45) is 3.33. The van der Waals surface area contributed by atoms with Crippen LogP contribution in [0, 0.1) is 12.8 Å². The third-order valence-corrected chi connectivity index (χ3v) is 5.76. The predicted molar refractivity (Wildman–Crippen MR) is 77.2 cm³/mol. The Morgan fingerprint density at radius 1 is 1.57 bits per heavy atom. The molecule has 3 N–H and O–H groups in total. The van der Waals surface area contributed by atoms with Gasteiger partial charge in [0.1, 0.15) is 5.82 Å². The highest BCUT2D eigenvalue weighted by atomic mass is 32.2. The quantitative estimate of drug-likeness (QED) is 0.796. The van der Waals surface area contributed by atoms with Crippen LogP contribution < -0.4 is 10.5 Å². The number of nitrogens with zero attached hydrogens (tertiary/aromatic N) is 2. The molecule has 1 saturated carbocycles. The molecular weight excluding hydrogens is 292 g/mol. The van der Waals surface area contributed by atoms with E-state index in [1.807, 2.05) is 11.5 Å². The first-order valence-electron chi connectivity index (χ1n) is 7.37. The number of nitrogens with one attached hydrogen (secondary N) is 1. The molecule has 0 radical (unpaired) electrons. The molecular formula is C13H22N4O3S. The van der Waals surface area contributed by atoms with Crippen LogP contribution in [0.15, 0.2) is 11.2 Å². The maximum atomic E-state index is 12.4. The Bertz CT molecular complexity index is 627. The first-order chi connectivity index (χ1) is 9.94. The number of sulfonamides is 1. The van der Waals surface area contributed by atoms with Crippen LogP contribution >= 0.6 is 0 Å². The minimum Gasteiger partial charge on any atom is -0.376 e. The third-order valence-electron chi connectivity index (χ3n) is 4.43. The summed E-state index contributed by atoms with van der Waals surface area (Å²) in [5.74, 6) is 0.974. The molecule has 0 amide bonds. The molecule has 4 unspecified atom stereocenters. The van der Waals surface area contributed by atoms with Crippen LogP contribution in [0.2, 0.25) is 0 Å². The second kappa shape index (κ2) is 5.35. The van der Waals surface area contributed by atoms with E-state index in [1.54, 1.807) is 13.1 Å². The summed E-state index contributed by atoms with van der Waals surface area (Å²) in [5.41, 5.74) is 6.04. The number of rotatable bonds is 5. The van der Waals surface area contributed by atoms with Crippen molar-refractivity contribution in [2.24, 2.45) is 11.7 Å². The molecule has 1 aromatic heterocycles. The molecule has 21 heavy (non-hydrogen) atoms. The Labute approximate surface area is 124 Å². The molecule has 1 saturated heterocycles. The van der Waals surface area contributed by atoms with Crippen molar-refractivity contribution in [3.8, 4) is 0 Å². The lowest BCUT2D eigenvalue weighted by Gasteiger charge is -2.45. The number of hydrogen-bond donors (Lipinski definition) is 2. The van der Waals surface area contributed by atoms with Crippen molar-refractivity contribution >= 4 is 10.0 Å². The summed E-state index contributed by atoms with van der Waals surface area (Å²) in [6.45, 7) is 5.26. The SMILES string of the molecule is CCCn1cc(S(=O)(=O)NC2C(N)C3CCOC32)nc1C. The normalized spacial score (nSPS) is 32.0. The van der Waals surface area contributed by atoms with E-state index in [0.29, 0.717) is 12.4 Å². The van der Waals surface area contributed by atoms with E-state index in [1.165, 1.54) is 0 Å². The maximum Gasteiger partial charge on any atom is 0.259 e. The van der Waals surface area contributed by atoms with E-state index >= 15 is 0 Å². The van der Waals surface area contributed by atoms with Crippen LogP contribution in [0.5, 0.6) is 0 Å². The van der Waals surface area contributed by atoms with E-state index in [0.717, 1.165) is 19.4 Å². The van der Waals surface area contributed by atoms with E-state index in [2.05, 4.69) is 9.71 Å². The lowest BCUT2D eigenvalue weighted by molar-refractivity contribution is -0.00926. The molecule has 118 valence electrons. The van der Waals surface area contributed by atoms with Crippen molar-refractivity contribution in [2.75, 3.05) is 6.61 Å². The fourth-order valence-electron chi connectivity index (χ4n) is 3.21. The molecule has 0 aromatic carbocycles. The van der Waals surface area contributed by atoms with E-state index < -0.39 is 10.0 Å². The molecule has 3 rings (SSSR count). The van der Waals surface area contributed by atoms with Crippen molar-refractivity contribution < 1.29 is 13.2 Å². The van der Waals surface area contributed by atoms with Gasteiger partial charge in [0.25, 0.3) is 10.0 Å². The van der Waals surface area contributed by atoms with Crippen LogP contribution in [0.1, 0.15) is 25.6 Å². The number of ether oxygens (including phenoxy) is 1. The van der Waals surface area contributed by atoms with Gasteiger partial charge in [-0.1, -0.05) is 6.92 Å². The molecule has 2 fully saturated rings. The fourth-order valence-corrected chi connectivity index (χ4v) is 4.50. The van der Waals surface area contributed by atoms with Crippen molar-refractivity contribution in [1.82, 2.24) is 14.3 Å². The van der Waals surface area contributed by atoms with E-state index in [-0.39, 0.29) is 29.1 Å². The first kappa shape index (κ1) is 15.0. The molecule has 7 nitrogen and oxygen atoms in total. The Hall–Kier alpha value is -0.960. The maximum absolute atomic E-state index is 12.4. The van der Waals surface area contributed by atoms with Gasteiger partial charge in [-0.2, -0.15) is 0 Å². The number of nitrogens with two attached hydrogens (primary N) is 1. The van der Waals surface area contributed by atoms with Crippen LogP contribution in [0.4, 0.5) is 0 Å². The lowest BCUT2D eigenvalue weighted by atomic mass is 9.73. The van der Waals surface area contributed by atoms with Crippen LogP contribution in [-0.2, 0) is 21.3 Å². The van der Waals surface area contributed by atoms with Gasteiger partial charge in [0.05, 0.1) is 12.1 Å². The summed E-state index contributed by atoms with van der Waals surface area (Å²) in [7, 11) is -3.65. The molecule has 4 atom stereocenters. The minimum absolute atomic E-state index is 0.0575. The summed E-state index contributed by atoms with van der Waals surface area (Å²) < 4.78 is 34.9. The van der Waals surface area contributed by atoms with Gasteiger partial charge in [0.15, 0.2) is 5.03 Å². The standard InChI is InChI=1S/C13H22N4O3S/c1-3-5-17-7-10(15-8(17)2)21(18,19)16-12-11(14)9-4-6-20-13(9)12/h7,9,11-13,16H,3-6,14H2,1-2H3. The molecule has 1 aromatic rings. The zero-order chi connectivity index (χ0) is 15.2. The van der Waals surface area contributed by atoms with Gasteiger partial charge in [0.2, 0.25) is 0 Å². The van der Waals surface area contributed by atoms with Crippen LogP contribution in [0.3, 0.4) is 0 Å². The Balaban J connectivity index is 1.76. The topological polar surface area (TPSA) is 99.2 Å². The van der Waals surface area contributed by atoms with Crippen molar-refractivity contribution in [3.05, 3.63) is 12.0 Å². The van der Waals surface area contributed by atoms with Crippen molar-refractivity contribution in [3.63, 3.8) is 0 Å². The number of aromatic nitrogens is 2. The zero-order valence-corrected chi connectivity index (χ0v) is 13.1. The van der Waals surface area contributed by atoms with Crippen molar-refractivity contribution in [1.29, 1.82) is 0 Å². The number of aryl methyl sites for hydroxylation is 2. The summed E-state index contributed by atoms with van der Waals surface area (Å²) >= 11 is 0. The van der Waals surface area contributed by atoms with Gasteiger partial charge in [-0.15, -0.1) is 0 Å². The number of hydrogen-bond acceptors (Lipinski definition) is 5. The predicted octanol–water partition coefficient (Wildman–Crippen LogP) is -0.00558. The second-order valence-electron chi connectivity index (χ2n) is 5.83. The molecule has 1 aliphatic heterocycles. The third kappa shape index (κ3) is 2.50. The average Bonchev–Trinajstić information content (AvgIpc) is 3.02. The lowest BCUT2D eigenvalue weighted by Crippen LogP contribution is -2.68. The largest absolute Gasteiger partial charge is 0.376 e. The number of imidazole rings is 1. The highest BCUT2D eigenvalue weighted by molar-refractivity contribution is 7.89. The number of fused-ring (bicyclic) bond motifs is 1. The van der Waals surface area contributed by atoms with Gasteiger partial charge in [0, 0.05) is 31.3 Å². The fraction of sp³-hybridized carbons (Fsp3) is 0.769. The molecule has 2 aliphatic rings. The second-order valence-corrected chi connectivity index (χ2v) is 7.49. The first-order valence-corrected chi connectivity index (χ1v) is 8.85. The monoisotopic (exact) mass is 314 g/mol. The minimum atomic E-state index is -3.65. The summed E-state index contributed by atoms with van der Waals surface area (Å²) in [6, 6.07) is -0.523. The van der Waals surface area contributed by atoms with Crippen LogP contribution in [-0.4, -0.2) is 42.8 Å². The van der Waals surface area contributed by atoms with Crippen LogP contribution in [0.25, 0.3) is 0 Å². The Kier molecular flexibility index (Phi) is 3.81. The van der Waals surface area contributed by atoms with Crippen molar-refractivity contribution in [2.45, 2.75) is 56.4 Å². The summed E-state index contributed by atoms with van der Waals surface area (Å²) in [4.78, 5) is 4.15. The molecule has 8 heteroatoms. The van der Waals surface area contributed by atoms with Gasteiger partial charge >= 0.3 is 0 Å². The average molecular weight is 314 g/mol. The smallest absolute Gasteiger partial charge is 0.259 e. The zero-order valence-electron chi connectivity index (χ0n) is 12.3. The van der Waals surface area contributed by atoms with Gasteiger partial charge in [-0.25, -0.2) is 18.1 Å². The Morgan fingerprint density at radius 3 is 3.05 bits per heavy atom. The van der Waals surface area contributed by atoms with Gasteiger partial charge in [-0.05, 0) is 19.8 Å². The highest BCUT2D eigenvalue weighted by Crippen LogP contribution is 2.38. The molecule has 1 aliphatic carbocycles. The molecule has 0 bridgehead atoms. The van der Waals surface area contributed by atoms with E-state index in [9.17, 15) is 8.42 Å².